The molecule has 0 spiro atoms. The molecule has 0 bridgehead atoms. The summed E-state index contributed by atoms with van der Waals surface area (Å²) in [5, 5.41) is 20.7. The first kappa shape index (κ1) is 24.7. The molecule has 1 atom stereocenters. The fraction of sp³-hybridized carbons (Fsp3) is 0.125. The molecule has 0 fully saturated rings. The van der Waals surface area contributed by atoms with Gasteiger partial charge in [0.15, 0.2) is 5.72 Å². The van der Waals surface area contributed by atoms with Gasteiger partial charge in [-0.15, -0.1) is 0 Å². The predicted molar refractivity (Wildman–Crippen MR) is 122 cm³/mol. The van der Waals surface area contributed by atoms with E-state index in [1.807, 2.05) is 0 Å². The van der Waals surface area contributed by atoms with Crippen molar-refractivity contribution in [2.24, 2.45) is 7.05 Å². The number of anilines is 1. The highest BCUT2D eigenvalue weighted by Gasteiger charge is 2.48. The van der Waals surface area contributed by atoms with Crippen molar-refractivity contribution in [1.29, 1.82) is 0 Å². The summed E-state index contributed by atoms with van der Waals surface area (Å²) in [6.07, 6.45) is -3.42. The van der Waals surface area contributed by atoms with E-state index in [1.54, 1.807) is 7.05 Å². The van der Waals surface area contributed by atoms with E-state index in [2.05, 4.69) is 15.7 Å². The minimum Gasteiger partial charge on any atom is -0.363 e. The lowest BCUT2D eigenvalue weighted by Crippen LogP contribution is -2.41. The molecule has 2 heterocycles. The third kappa shape index (κ3) is 4.07. The Labute approximate surface area is 209 Å². The van der Waals surface area contributed by atoms with Gasteiger partial charge in [-0.05, 0) is 42.5 Å². The quantitative estimate of drug-likeness (QED) is 0.330. The number of fused-ring (bicyclic) bond motifs is 3. The molecule has 7 nitrogen and oxygen atoms in total. The maximum Gasteiger partial charge on any atom is 0.416 e. The van der Waals surface area contributed by atoms with Crippen LogP contribution in [0.25, 0.3) is 10.9 Å². The fourth-order valence-electron chi connectivity index (χ4n) is 4.33. The van der Waals surface area contributed by atoms with Crippen molar-refractivity contribution in [3.8, 4) is 0 Å². The van der Waals surface area contributed by atoms with Crippen LogP contribution in [0.3, 0.4) is 0 Å². The van der Waals surface area contributed by atoms with Gasteiger partial charge in [-0.3, -0.25) is 14.3 Å². The number of carbonyl (C=O) groups is 2. The Hall–Kier alpha value is -4.03. The van der Waals surface area contributed by atoms with Gasteiger partial charge in [0, 0.05) is 40.3 Å². The van der Waals surface area contributed by atoms with Crippen LogP contribution in [-0.4, -0.2) is 26.7 Å². The van der Waals surface area contributed by atoms with Gasteiger partial charge in [0.1, 0.15) is 17.2 Å². The molecular weight excluding hydrogens is 523 g/mol. The minimum absolute atomic E-state index is 0.126. The number of aromatic nitrogens is 2. The topological polar surface area (TPSA) is 96.2 Å². The van der Waals surface area contributed by atoms with E-state index < -0.39 is 46.5 Å². The average Bonchev–Trinajstić information content (AvgIpc) is 3.30. The highest BCUT2D eigenvalue weighted by molar-refractivity contribution is 6.31. The minimum atomic E-state index is -4.92. The highest BCUT2D eigenvalue weighted by atomic mass is 35.5. The Bertz CT molecular complexity index is 1640. The molecule has 13 heteroatoms. The number of amides is 2. The third-order valence-corrected chi connectivity index (χ3v) is 6.18. The Morgan fingerprint density at radius 1 is 1.14 bits per heavy atom. The van der Waals surface area contributed by atoms with Gasteiger partial charge < -0.3 is 15.7 Å². The summed E-state index contributed by atoms with van der Waals surface area (Å²) >= 11 is 6.20. The van der Waals surface area contributed by atoms with E-state index >= 15 is 0 Å². The number of hydrogen-bond donors (Lipinski definition) is 3. The molecule has 1 aliphatic rings. The van der Waals surface area contributed by atoms with Gasteiger partial charge in [-0.25, -0.2) is 8.78 Å². The first-order valence-corrected chi connectivity index (χ1v) is 10.9. The van der Waals surface area contributed by atoms with Crippen molar-refractivity contribution in [2.75, 3.05) is 5.32 Å². The van der Waals surface area contributed by atoms with Crippen molar-refractivity contribution >= 4 is 40.0 Å². The van der Waals surface area contributed by atoms with Gasteiger partial charge in [0.2, 0.25) is 0 Å². The van der Waals surface area contributed by atoms with Gasteiger partial charge in [0.05, 0.1) is 16.8 Å². The van der Waals surface area contributed by atoms with Gasteiger partial charge in [-0.1, -0.05) is 11.6 Å². The van der Waals surface area contributed by atoms with Crippen LogP contribution in [0.4, 0.5) is 27.6 Å². The van der Waals surface area contributed by atoms with Crippen LogP contribution in [0.15, 0.2) is 48.7 Å². The molecule has 1 aliphatic heterocycles. The molecule has 3 N–H and O–H groups in total. The lowest BCUT2D eigenvalue weighted by molar-refractivity contribution is -0.137. The van der Waals surface area contributed by atoms with Gasteiger partial charge in [-0.2, -0.15) is 18.3 Å². The maximum atomic E-state index is 14.1. The van der Waals surface area contributed by atoms with Crippen molar-refractivity contribution in [1.82, 2.24) is 15.1 Å². The zero-order valence-corrected chi connectivity index (χ0v) is 19.3. The molecule has 190 valence electrons. The number of aliphatic hydroxyl groups is 1. The van der Waals surface area contributed by atoms with Crippen molar-refractivity contribution in [2.45, 2.75) is 11.9 Å². The molecule has 1 aromatic heterocycles. The zero-order valence-electron chi connectivity index (χ0n) is 18.5. The number of nitrogens with one attached hydrogen (secondary N) is 2. The van der Waals surface area contributed by atoms with E-state index in [0.29, 0.717) is 17.5 Å². The summed E-state index contributed by atoms with van der Waals surface area (Å²) in [7, 11) is 1.55. The number of halogens is 6. The number of hydrogen-bond acceptors (Lipinski definition) is 4. The van der Waals surface area contributed by atoms with E-state index in [0.717, 1.165) is 18.2 Å². The number of alkyl halides is 3. The number of rotatable bonds is 3. The number of benzene rings is 3. The second-order valence-electron chi connectivity index (χ2n) is 8.38. The predicted octanol–water partition coefficient (Wildman–Crippen LogP) is 4.71. The van der Waals surface area contributed by atoms with E-state index in [-0.39, 0.29) is 39.0 Å². The highest BCUT2D eigenvalue weighted by Crippen LogP contribution is 2.45. The Morgan fingerprint density at radius 2 is 1.86 bits per heavy atom. The zero-order chi connectivity index (χ0) is 26.9. The van der Waals surface area contributed by atoms with Crippen LogP contribution in [0.2, 0.25) is 5.02 Å². The lowest BCUT2D eigenvalue weighted by Gasteiger charge is -2.27. The number of carbonyl (C=O) groups excluding carboxylic acids is 2. The molecule has 37 heavy (non-hydrogen) atoms. The Balaban J connectivity index is 1.71. The second kappa shape index (κ2) is 8.25. The molecule has 0 radical (unpaired) electrons. The van der Waals surface area contributed by atoms with Crippen LogP contribution in [0, 0.1) is 11.6 Å². The summed E-state index contributed by atoms with van der Waals surface area (Å²) in [5.74, 6) is -4.09. The molecule has 3 aromatic carbocycles. The summed E-state index contributed by atoms with van der Waals surface area (Å²) in [5.41, 5.74) is -5.32. The van der Waals surface area contributed by atoms with Crippen LogP contribution >= 0.6 is 11.6 Å². The van der Waals surface area contributed by atoms with Crippen LogP contribution in [0.5, 0.6) is 0 Å². The summed E-state index contributed by atoms with van der Waals surface area (Å²) < 4.78 is 68.9. The summed E-state index contributed by atoms with van der Waals surface area (Å²) in [6, 6.07) is 5.68. The number of aryl methyl sites for hydroxylation is 1. The summed E-state index contributed by atoms with van der Waals surface area (Å²) in [4.78, 5) is 26.0. The monoisotopic (exact) mass is 536 g/mol. The van der Waals surface area contributed by atoms with E-state index in [4.69, 9.17) is 11.6 Å². The normalized spacial score (nSPS) is 17.1. The average molecular weight is 537 g/mol. The smallest absolute Gasteiger partial charge is 0.363 e. The molecule has 0 saturated carbocycles. The second-order valence-corrected chi connectivity index (χ2v) is 8.79. The molecule has 1 unspecified atom stereocenters. The Kier molecular flexibility index (Phi) is 5.50. The molecule has 0 saturated heterocycles. The lowest BCUT2D eigenvalue weighted by atomic mass is 9.91. The van der Waals surface area contributed by atoms with E-state index in [9.17, 15) is 36.6 Å². The molecule has 0 aliphatic carbocycles. The van der Waals surface area contributed by atoms with Crippen LogP contribution < -0.4 is 10.6 Å². The SMILES string of the molecule is Cn1cc2cc(NC(=O)c3cc(F)cc(C(F)(F)F)c3)c3c(c2n1)C(=O)NC3(O)c1cc(F)ccc1Cl. The van der Waals surface area contributed by atoms with Crippen LogP contribution in [-0.2, 0) is 18.9 Å². The third-order valence-electron chi connectivity index (χ3n) is 5.85. The van der Waals surface area contributed by atoms with Crippen molar-refractivity contribution in [3.63, 3.8) is 0 Å². The Morgan fingerprint density at radius 3 is 2.57 bits per heavy atom. The van der Waals surface area contributed by atoms with Crippen molar-refractivity contribution < 1.29 is 36.6 Å². The van der Waals surface area contributed by atoms with Crippen molar-refractivity contribution in [3.05, 3.63) is 93.1 Å². The number of nitrogens with zero attached hydrogens (tertiary/aromatic N) is 2. The van der Waals surface area contributed by atoms with E-state index in [1.165, 1.54) is 16.9 Å². The molecule has 4 aromatic rings. The van der Waals surface area contributed by atoms with Gasteiger partial charge in [0.25, 0.3) is 11.8 Å². The largest absolute Gasteiger partial charge is 0.416 e. The first-order valence-electron chi connectivity index (χ1n) is 10.5. The van der Waals surface area contributed by atoms with Crippen LogP contribution in [0.1, 0.15) is 37.4 Å². The molecular formula is C24H14ClF5N4O3. The molecule has 2 amide bonds. The maximum absolute atomic E-state index is 14.1. The first-order chi connectivity index (χ1) is 17.3. The standard InChI is InChI=1S/C24H14ClF5N4O3/c1-34-9-11-6-17(31-21(35)10-4-12(24(28,29)30)7-14(27)5-10)19-18(20(11)33-34)22(36)32-23(19,37)15-8-13(26)2-3-16(15)25/h2-9,37H,1H3,(H,31,35)(H,32,36). The summed E-state index contributed by atoms with van der Waals surface area (Å²) in [6.45, 7) is 0. The van der Waals surface area contributed by atoms with Gasteiger partial charge >= 0.3 is 6.18 Å². The fourth-order valence-corrected chi connectivity index (χ4v) is 4.58. The molecule has 5 rings (SSSR count).